The van der Waals surface area contributed by atoms with E-state index in [1.165, 1.54) is 12.1 Å². The van der Waals surface area contributed by atoms with Crippen LogP contribution < -0.4 is 10.0 Å². The van der Waals surface area contributed by atoms with Gasteiger partial charge in [0, 0.05) is 9.26 Å². The highest BCUT2D eigenvalue weighted by atomic mass is 127. The average molecular weight is 520 g/mol. The van der Waals surface area contributed by atoms with Gasteiger partial charge in [-0.3, -0.25) is 4.79 Å². The topological polar surface area (TPSA) is 75.3 Å². The van der Waals surface area contributed by atoms with Gasteiger partial charge in [-0.05, 0) is 77.9 Å². The number of anilines is 1. The molecule has 0 fully saturated rings. The largest absolute Gasteiger partial charge is 0.325 e. The number of aryl methyl sites for hydroxylation is 1. The zero-order valence-electron chi connectivity index (χ0n) is 15.8. The zero-order valence-corrected chi connectivity index (χ0v) is 18.8. The molecule has 2 N–H and O–H groups in total. The molecule has 0 radical (unpaired) electrons. The molecule has 1 amide bonds. The molecule has 0 spiro atoms. The van der Waals surface area contributed by atoms with Crippen molar-refractivity contribution in [2.24, 2.45) is 0 Å². The number of carbonyl (C=O) groups is 1. The minimum atomic E-state index is -3.85. The SMILES string of the molecule is Cc1ccc(S(=O)(=O)NC(Cc2ccccc2)C(=O)Nc2ccc(I)cc2)cc1. The van der Waals surface area contributed by atoms with Crippen molar-refractivity contribution in [3.63, 3.8) is 0 Å². The van der Waals surface area contributed by atoms with Crippen LogP contribution in [-0.2, 0) is 21.2 Å². The quantitative estimate of drug-likeness (QED) is 0.461. The molecule has 5 nitrogen and oxygen atoms in total. The van der Waals surface area contributed by atoms with Gasteiger partial charge >= 0.3 is 0 Å². The number of rotatable bonds is 7. The Labute approximate surface area is 184 Å². The standard InChI is InChI=1S/C22H21IN2O3S/c1-16-7-13-20(14-8-16)29(27,28)25-21(15-17-5-3-2-4-6-17)22(26)24-19-11-9-18(23)10-12-19/h2-14,21,25H,15H2,1H3,(H,24,26). The van der Waals surface area contributed by atoms with Crippen LogP contribution in [0.2, 0.25) is 0 Å². The fourth-order valence-electron chi connectivity index (χ4n) is 2.77. The van der Waals surface area contributed by atoms with Crippen molar-refractivity contribution >= 4 is 44.2 Å². The minimum absolute atomic E-state index is 0.128. The molecule has 1 atom stereocenters. The van der Waals surface area contributed by atoms with Crippen molar-refractivity contribution < 1.29 is 13.2 Å². The Balaban J connectivity index is 1.84. The van der Waals surface area contributed by atoms with E-state index < -0.39 is 22.0 Å². The normalized spacial score (nSPS) is 12.3. The number of hydrogen-bond acceptors (Lipinski definition) is 3. The fraction of sp³-hybridized carbons (Fsp3) is 0.136. The van der Waals surface area contributed by atoms with E-state index in [1.807, 2.05) is 49.4 Å². The molecule has 7 heteroatoms. The molecule has 0 saturated carbocycles. The lowest BCUT2D eigenvalue weighted by Gasteiger charge is -2.19. The first kappa shape index (κ1) is 21.5. The van der Waals surface area contributed by atoms with E-state index in [4.69, 9.17) is 0 Å². The number of carbonyl (C=O) groups excluding carboxylic acids is 1. The predicted octanol–water partition coefficient (Wildman–Crippen LogP) is 4.13. The Morgan fingerprint density at radius 1 is 0.931 bits per heavy atom. The molecule has 3 aromatic rings. The number of nitrogens with one attached hydrogen (secondary N) is 2. The molecule has 3 rings (SSSR count). The van der Waals surface area contributed by atoms with Crippen LogP contribution >= 0.6 is 22.6 Å². The first-order valence-electron chi connectivity index (χ1n) is 9.03. The first-order valence-corrected chi connectivity index (χ1v) is 11.6. The molecule has 1 unspecified atom stereocenters. The molecule has 0 heterocycles. The number of amides is 1. The number of halogens is 1. The maximum Gasteiger partial charge on any atom is 0.242 e. The highest BCUT2D eigenvalue weighted by molar-refractivity contribution is 14.1. The summed E-state index contributed by atoms with van der Waals surface area (Å²) in [6.45, 7) is 1.89. The summed E-state index contributed by atoms with van der Waals surface area (Å²) in [6, 6.07) is 22.2. The van der Waals surface area contributed by atoms with Gasteiger partial charge in [0.15, 0.2) is 0 Å². The Bertz CT molecular complexity index is 1070. The molecule has 3 aromatic carbocycles. The molecule has 0 bridgehead atoms. The lowest BCUT2D eigenvalue weighted by atomic mass is 10.1. The van der Waals surface area contributed by atoms with Gasteiger partial charge in [-0.2, -0.15) is 4.72 Å². The van der Waals surface area contributed by atoms with E-state index in [2.05, 4.69) is 32.6 Å². The van der Waals surface area contributed by atoms with Crippen molar-refractivity contribution in [3.8, 4) is 0 Å². The summed E-state index contributed by atoms with van der Waals surface area (Å²) in [5.41, 5.74) is 2.44. The van der Waals surface area contributed by atoms with E-state index in [0.29, 0.717) is 5.69 Å². The minimum Gasteiger partial charge on any atom is -0.325 e. The molecule has 0 saturated heterocycles. The second-order valence-electron chi connectivity index (χ2n) is 6.67. The van der Waals surface area contributed by atoms with Crippen LogP contribution in [0.5, 0.6) is 0 Å². The van der Waals surface area contributed by atoms with Gasteiger partial charge < -0.3 is 5.32 Å². The van der Waals surface area contributed by atoms with Gasteiger partial charge in [0.25, 0.3) is 0 Å². The van der Waals surface area contributed by atoms with Crippen molar-refractivity contribution in [2.45, 2.75) is 24.3 Å². The van der Waals surface area contributed by atoms with Crippen LogP contribution in [0.4, 0.5) is 5.69 Å². The van der Waals surface area contributed by atoms with E-state index in [1.54, 1.807) is 24.3 Å². The first-order chi connectivity index (χ1) is 13.8. The molecule has 0 aliphatic carbocycles. The maximum atomic E-state index is 12.9. The van der Waals surface area contributed by atoms with E-state index in [0.717, 1.165) is 14.7 Å². The Morgan fingerprint density at radius 3 is 2.17 bits per heavy atom. The zero-order chi connectivity index (χ0) is 20.9. The lowest BCUT2D eigenvalue weighted by molar-refractivity contribution is -0.117. The summed E-state index contributed by atoms with van der Waals surface area (Å²) in [5.74, 6) is -0.411. The Morgan fingerprint density at radius 2 is 1.55 bits per heavy atom. The van der Waals surface area contributed by atoms with Crippen LogP contribution in [0.3, 0.4) is 0 Å². The third kappa shape index (κ3) is 6.12. The average Bonchev–Trinajstić information content (AvgIpc) is 2.70. The van der Waals surface area contributed by atoms with Gasteiger partial charge in [-0.15, -0.1) is 0 Å². The van der Waals surface area contributed by atoms with Crippen molar-refractivity contribution in [2.75, 3.05) is 5.32 Å². The summed E-state index contributed by atoms with van der Waals surface area (Å²) in [6.07, 6.45) is 0.238. The third-order valence-electron chi connectivity index (χ3n) is 4.34. The second-order valence-corrected chi connectivity index (χ2v) is 9.63. The summed E-state index contributed by atoms with van der Waals surface area (Å²) in [7, 11) is -3.85. The van der Waals surface area contributed by atoms with Gasteiger partial charge in [0.2, 0.25) is 15.9 Å². The molecular formula is C22H21IN2O3S. The van der Waals surface area contributed by atoms with Crippen molar-refractivity contribution in [1.29, 1.82) is 0 Å². The molecule has 0 aromatic heterocycles. The van der Waals surface area contributed by atoms with Gasteiger partial charge in [0.1, 0.15) is 6.04 Å². The van der Waals surface area contributed by atoms with Crippen molar-refractivity contribution in [1.82, 2.24) is 4.72 Å². The van der Waals surface area contributed by atoms with Gasteiger partial charge in [0.05, 0.1) is 4.90 Å². The van der Waals surface area contributed by atoms with Crippen LogP contribution in [-0.4, -0.2) is 20.4 Å². The van der Waals surface area contributed by atoms with E-state index in [-0.39, 0.29) is 11.3 Å². The lowest BCUT2D eigenvalue weighted by Crippen LogP contribution is -2.45. The summed E-state index contributed by atoms with van der Waals surface area (Å²) in [4.78, 5) is 13.1. The second kappa shape index (κ2) is 9.51. The van der Waals surface area contributed by atoms with Crippen LogP contribution in [0.25, 0.3) is 0 Å². The van der Waals surface area contributed by atoms with Crippen LogP contribution in [0, 0.1) is 10.5 Å². The third-order valence-corrected chi connectivity index (χ3v) is 6.55. The smallest absolute Gasteiger partial charge is 0.242 e. The van der Waals surface area contributed by atoms with Gasteiger partial charge in [-0.1, -0.05) is 48.0 Å². The number of sulfonamides is 1. The summed E-state index contributed by atoms with van der Waals surface area (Å²) < 4.78 is 29.3. The fourth-order valence-corrected chi connectivity index (χ4v) is 4.33. The Hall–Kier alpha value is -2.23. The Kier molecular flexibility index (Phi) is 7.05. The number of hydrogen-bond donors (Lipinski definition) is 2. The monoisotopic (exact) mass is 520 g/mol. The van der Waals surface area contributed by atoms with Gasteiger partial charge in [-0.25, -0.2) is 8.42 Å². The predicted molar refractivity (Wildman–Crippen MR) is 123 cm³/mol. The highest BCUT2D eigenvalue weighted by Crippen LogP contribution is 2.15. The molecule has 0 aliphatic rings. The van der Waals surface area contributed by atoms with Crippen LogP contribution in [0.1, 0.15) is 11.1 Å². The molecule has 29 heavy (non-hydrogen) atoms. The van der Waals surface area contributed by atoms with E-state index >= 15 is 0 Å². The maximum absolute atomic E-state index is 12.9. The highest BCUT2D eigenvalue weighted by Gasteiger charge is 2.26. The summed E-state index contributed by atoms with van der Waals surface area (Å²) >= 11 is 2.18. The molecular weight excluding hydrogens is 499 g/mol. The van der Waals surface area contributed by atoms with E-state index in [9.17, 15) is 13.2 Å². The van der Waals surface area contributed by atoms with Crippen LogP contribution in [0.15, 0.2) is 83.8 Å². The van der Waals surface area contributed by atoms with Crippen molar-refractivity contribution in [3.05, 3.63) is 93.6 Å². The molecule has 0 aliphatic heterocycles. The summed E-state index contributed by atoms with van der Waals surface area (Å²) in [5, 5.41) is 2.80. The molecule has 150 valence electrons. The number of benzene rings is 3.